The third-order valence-corrected chi connectivity index (χ3v) is 7.56. The molecule has 2 aliphatic rings. The fraction of sp³-hybridized carbons (Fsp3) is 0.500. The van der Waals surface area contributed by atoms with Gasteiger partial charge >= 0.3 is 0 Å². The summed E-state index contributed by atoms with van der Waals surface area (Å²) in [5.41, 5.74) is 3.21. The Balaban J connectivity index is 1.56. The number of benzene rings is 1. The molecule has 2 aliphatic heterocycles. The van der Waals surface area contributed by atoms with E-state index in [1.807, 2.05) is 38.1 Å². The van der Waals surface area contributed by atoms with Gasteiger partial charge in [-0.1, -0.05) is 18.2 Å². The molecule has 2 atom stereocenters. The van der Waals surface area contributed by atoms with E-state index in [1.165, 1.54) is 0 Å². The van der Waals surface area contributed by atoms with Crippen LogP contribution in [0.2, 0.25) is 0 Å². The molecule has 28 heavy (non-hydrogen) atoms. The predicted octanol–water partition coefficient (Wildman–Crippen LogP) is 1.48. The van der Waals surface area contributed by atoms with Crippen molar-refractivity contribution in [3.05, 3.63) is 47.3 Å². The molecule has 0 aliphatic carbocycles. The van der Waals surface area contributed by atoms with E-state index in [0.717, 1.165) is 42.9 Å². The van der Waals surface area contributed by atoms with Crippen LogP contribution >= 0.6 is 0 Å². The number of nitrogens with one attached hydrogen (secondary N) is 1. The largest absolute Gasteiger partial charge is 0.347 e. The summed E-state index contributed by atoms with van der Waals surface area (Å²) in [6, 6.07) is 7.35. The van der Waals surface area contributed by atoms with E-state index in [9.17, 15) is 13.2 Å². The Bertz CT molecular complexity index is 993. The molecule has 0 saturated carbocycles. The first kappa shape index (κ1) is 19.1. The van der Waals surface area contributed by atoms with E-state index < -0.39 is 9.84 Å². The fourth-order valence-electron chi connectivity index (χ4n) is 4.32. The number of carbonyl (C=O) groups excluding carboxylic acids is 1. The van der Waals surface area contributed by atoms with Gasteiger partial charge in [0.1, 0.15) is 0 Å². The molecule has 1 aromatic carbocycles. The van der Waals surface area contributed by atoms with Gasteiger partial charge in [0.2, 0.25) is 0 Å². The lowest BCUT2D eigenvalue weighted by Gasteiger charge is -2.28. The van der Waals surface area contributed by atoms with Crippen molar-refractivity contribution in [2.45, 2.75) is 38.8 Å². The second-order valence-electron chi connectivity index (χ2n) is 7.81. The monoisotopic (exact) mass is 402 g/mol. The molecular formula is C20H26N4O3S. The van der Waals surface area contributed by atoms with E-state index in [1.54, 1.807) is 10.9 Å². The molecule has 150 valence electrons. The van der Waals surface area contributed by atoms with E-state index in [0.29, 0.717) is 5.56 Å². The number of aryl methyl sites for hydroxylation is 1. The van der Waals surface area contributed by atoms with Crippen molar-refractivity contribution in [1.82, 2.24) is 20.0 Å². The van der Waals surface area contributed by atoms with Crippen LogP contribution in [-0.2, 0) is 9.84 Å². The fourth-order valence-corrected chi connectivity index (χ4v) is 6.27. The molecule has 0 bridgehead atoms. The van der Waals surface area contributed by atoms with Gasteiger partial charge in [-0.05, 0) is 51.4 Å². The maximum atomic E-state index is 12.9. The maximum Gasteiger partial charge on any atom is 0.255 e. The summed E-state index contributed by atoms with van der Waals surface area (Å²) in [6.07, 6.45) is 3.73. The summed E-state index contributed by atoms with van der Waals surface area (Å²) >= 11 is 0. The van der Waals surface area contributed by atoms with Crippen LogP contribution < -0.4 is 5.32 Å². The van der Waals surface area contributed by atoms with Crippen molar-refractivity contribution in [3.8, 4) is 5.69 Å². The summed E-state index contributed by atoms with van der Waals surface area (Å²) in [7, 11) is -3.14. The van der Waals surface area contributed by atoms with Gasteiger partial charge in [-0.2, -0.15) is 5.10 Å². The first-order valence-electron chi connectivity index (χ1n) is 9.72. The van der Waals surface area contributed by atoms with Gasteiger partial charge in [0.15, 0.2) is 9.84 Å². The van der Waals surface area contributed by atoms with Crippen LogP contribution in [0.5, 0.6) is 0 Å². The van der Waals surface area contributed by atoms with Crippen molar-refractivity contribution in [3.63, 3.8) is 0 Å². The lowest BCUT2D eigenvalue weighted by Crippen LogP contribution is -2.50. The number of nitrogens with zero attached hydrogens (tertiary/aromatic N) is 3. The van der Waals surface area contributed by atoms with Gasteiger partial charge in [0.25, 0.3) is 5.91 Å². The van der Waals surface area contributed by atoms with Gasteiger partial charge in [-0.15, -0.1) is 0 Å². The number of hydrogen-bond donors (Lipinski definition) is 1. The highest BCUT2D eigenvalue weighted by atomic mass is 32.2. The van der Waals surface area contributed by atoms with Gasteiger partial charge in [0.05, 0.1) is 40.7 Å². The highest BCUT2D eigenvalue weighted by Gasteiger charge is 2.42. The summed E-state index contributed by atoms with van der Waals surface area (Å²) in [4.78, 5) is 15.2. The minimum absolute atomic E-state index is 0.00485. The Morgan fingerprint density at radius 3 is 2.57 bits per heavy atom. The van der Waals surface area contributed by atoms with Gasteiger partial charge < -0.3 is 5.32 Å². The molecule has 4 rings (SSSR count). The smallest absolute Gasteiger partial charge is 0.255 e. The molecule has 2 fully saturated rings. The SMILES string of the molecule is Cc1ccccc1-n1ncc(C(=O)NC2CS(=O)(=O)CC2N2CCCC2)c1C. The van der Waals surface area contributed by atoms with Crippen molar-refractivity contribution < 1.29 is 13.2 Å². The maximum absolute atomic E-state index is 12.9. The number of amides is 1. The quantitative estimate of drug-likeness (QED) is 0.837. The third-order valence-electron chi connectivity index (χ3n) is 5.85. The number of carbonyl (C=O) groups is 1. The molecule has 2 saturated heterocycles. The Morgan fingerprint density at radius 1 is 1.14 bits per heavy atom. The van der Waals surface area contributed by atoms with E-state index in [-0.39, 0.29) is 29.5 Å². The zero-order chi connectivity index (χ0) is 19.9. The van der Waals surface area contributed by atoms with Crippen molar-refractivity contribution in [2.75, 3.05) is 24.6 Å². The second-order valence-corrected chi connectivity index (χ2v) is 9.96. The van der Waals surface area contributed by atoms with Crippen LogP contribution in [-0.4, -0.2) is 65.7 Å². The molecule has 2 unspecified atom stereocenters. The minimum atomic E-state index is -3.14. The van der Waals surface area contributed by atoms with Crippen LogP contribution in [0.4, 0.5) is 0 Å². The molecule has 7 nitrogen and oxygen atoms in total. The van der Waals surface area contributed by atoms with Crippen molar-refractivity contribution in [1.29, 1.82) is 0 Å². The number of rotatable bonds is 4. The molecular weight excluding hydrogens is 376 g/mol. The predicted molar refractivity (Wildman–Crippen MR) is 108 cm³/mol. The molecule has 0 radical (unpaired) electrons. The summed E-state index contributed by atoms with van der Waals surface area (Å²) in [6.45, 7) is 5.66. The van der Waals surface area contributed by atoms with Crippen LogP contribution in [0, 0.1) is 13.8 Å². The molecule has 0 spiro atoms. The molecule has 3 heterocycles. The lowest BCUT2D eigenvalue weighted by molar-refractivity contribution is 0.0918. The highest BCUT2D eigenvalue weighted by molar-refractivity contribution is 7.91. The van der Waals surface area contributed by atoms with Crippen LogP contribution in [0.3, 0.4) is 0 Å². The first-order chi connectivity index (χ1) is 13.4. The Labute approximate surface area is 165 Å². The topological polar surface area (TPSA) is 84.3 Å². The Kier molecular flexibility index (Phi) is 5.01. The number of sulfone groups is 1. The lowest BCUT2D eigenvalue weighted by atomic mass is 10.1. The average molecular weight is 403 g/mol. The molecule has 8 heteroatoms. The molecule has 1 amide bonds. The summed E-state index contributed by atoms with van der Waals surface area (Å²) in [5.74, 6) is -0.131. The zero-order valence-electron chi connectivity index (χ0n) is 16.3. The van der Waals surface area contributed by atoms with E-state index >= 15 is 0 Å². The normalized spacial score (nSPS) is 24.5. The number of aromatic nitrogens is 2. The van der Waals surface area contributed by atoms with E-state index in [4.69, 9.17) is 0 Å². The van der Waals surface area contributed by atoms with E-state index in [2.05, 4.69) is 15.3 Å². The van der Waals surface area contributed by atoms with Gasteiger partial charge in [-0.25, -0.2) is 13.1 Å². The van der Waals surface area contributed by atoms with Gasteiger partial charge in [0, 0.05) is 6.04 Å². The van der Waals surface area contributed by atoms with Crippen molar-refractivity contribution >= 4 is 15.7 Å². The minimum Gasteiger partial charge on any atom is -0.347 e. The highest BCUT2D eigenvalue weighted by Crippen LogP contribution is 2.24. The van der Waals surface area contributed by atoms with Crippen LogP contribution in [0.25, 0.3) is 5.69 Å². The van der Waals surface area contributed by atoms with Crippen molar-refractivity contribution in [2.24, 2.45) is 0 Å². The summed E-state index contributed by atoms with van der Waals surface area (Å²) in [5, 5.41) is 7.38. The molecule has 1 aromatic heterocycles. The Morgan fingerprint density at radius 2 is 1.86 bits per heavy atom. The average Bonchev–Trinajstić information content (AvgIpc) is 3.35. The standard InChI is InChI=1S/C20H26N4O3S/c1-14-7-3-4-8-18(14)24-15(2)16(11-21-24)20(25)22-17-12-28(26,27)13-19(17)23-9-5-6-10-23/h3-4,7-8,11,17,19H,5-6,9-10,12-13H2,1-2H3,(H,22,25). The van der Waals surface area contributed by atoms with Crippen LogP contribution in [0.15, 0.2) is 30.5 Å². The second kappa shape index (κ2) is 7.33. The number of likely N-dealkylation sites (tertiary alicyclic amines) is 1. The summed E-state index contributed by atoms with van der Waals surface area (Å²) < 4.78 is 26.2. The molecule has 1 N–H and O–H groups in total. The number of para-hydroxylation sites is 1. The third kappa shape index (κ3) is 3.58. The Hall–Kier alpha value is -2.19. The van der Waals surface area contributed by atoms with Crippen LogP contribution in [0.1, 0.15) is 34.5 Å². The number of hydrogen-bond acceptors (Lipinski definition) is 5. The van der Waals surface area contributed by atoms with Gasteiger partial charge in [-0.3, -0.25) is 9.69 Å². The first-order valence-corrected chi connectivity index (χ1v) is 11.5. The zero-order valence-corrected chi connectivity index (χ0v) is 17.1. The molecule has 2 aromatic rings.